The summed E-state index contributed by atoms with van der Waals surface area (Å²) >= 11 is 1.08. The van der Waals surface area contributed by atoms with Gasteiger partial charge in [0.05, 0.1) is 19.4 Å². The molecule has 0 saturated carbocycles. The molecular weight excluding hydrogens is 265 g/mol. The summed E-state index contributed by atoms with van der Waals surface area (Å²) in [5.74, 6) is -2.72. The fraction of sp³-hybridized carbons (Fsp3) is 0.417. The molecule has 100 valence electrons. The molecule has 0 fully saturated rings. The Morgan fingerprint density at radius 2 is 1.94 bits per heavy atom. The van der Waals surface area contributed by atoms with E-state index in [9.17, 15) is 18.0 Å². The highest BCUT2D eigenvalue weighted by Gasteiger charge is 2.40. The van der Waals surface area contributed by atoms with Gasteiger partial charge in [-0.25, -0.2) is 0 Å². The van der Waals surface area contributed by atoms with Crippen LogP contribution in [-0.4, -0.2) is 25.0 Å². The van der Waals surface area contributed by atoms with Gasteiger partial charge in [-0.15, -0.1) is 11.8 Å². The van der Waals surface area contributed by atoms with E-state index in [1.165, 1.54) is 0 Å². The molecule has 1 atom stereocenters. The van der Waals surface area contributed by atoms with Crippen LogP contribution in [0.2, 0.25) is 0 Å². The Balaban J connectivity index is 2.59. The van der Waals surface area contributed by atoms with Gasteiger partial charge in [0.15, 0.2) is 0 Å². The van der Waals surface area contributed by atoms with E-state index in [0.717, 1.165) is 23.8 Å². The maximum atomic E-state index is 12.7. The molecule has 0 spiro atoms. The molecule has 0 unspecified atom stereocenters. The number of hydrogen-bond donors (Lipinski definition) is 0. The smallest absolute Gasteiger partial charge is 0.393 e. The van der Waals surface area contributed by atoms with Gasteiger partial charge < -0.3 is 4.74 Å². The number of rotatable bonds is 5. The third-order valence-electron chi connectivity index (χ3n) is 2.30. The normalized spacial score (nSPS) is 13.1. The van der Waals surface area contributed by atoms with Crippen LogP contribution in [0.1, 0.15) is 6.42 Å². The Morgan fingerprint density at radius 1 is 1.33 bits per heavy atom. The van der Waals surface area contributed by atoms with Gasteiger partial charge in [0.1, 0.15) is 0 Å². The summed E-state index contributed by atoms with van der Waals surface area (Å²) in [7, 11) is 1.08. The first kappa shape index (κ1) is 14.9. The average Bonchev–Trinajstić information content (AvgIpc) is 2.34. The number of methoxy groups -OCH3 is 1. The minimum Gasteiger partial charge on any atom is -0.469 e. The zero-order valence-electron chi connectivity index (χ0n) is 9.74. The van der Waals surface area contributed by atoms with Crippen LogP contribution in [0.5, 0.6) is 0 Å². The molecule has 1 rings (SSSR count). The molecule has 0 aliphatic carbocycles. The van der Waals surface area contributed by atoms with Crippen molar-refractivity contribution in [3.05, 3.63) is 30.3 Å². The summed E-state index contributed by atoms with van der Waals surface area (Å²) in [5, 5.41) is 0. The van der Waals surface area contributed by atoms with Crippen LogP contribution in [0.3, 0.4) is 0 Å². The summed E-state index contributed by atoms with van der Waals surface area (Å²) in [6.45, 7) is 0. The molecule has 18 heavy (non-hydrogen) atoms. The molecule has 0 N–H and O–H groups in total. The lowest BCUT2D eigenvalue weighted by molar-refractivity contribution is -0.178. The van der Waals surface area contributed by atoms with E-state index in [0.29, 0.717) is 0 Å². The fourth-order valence-electron chi connectivity index (χ4n) is 1.27. The predicted octanol–water partition coefficient (Wildman–Crippen LogP) is 3.52. The second kappa shape index (κ2) is 6.68. The lowest BCUT2D eigenvalue weighted by Gasteiger charge is -2.18. The van der Waals surface area contributed by atoms with E-state index >= 15 is 0 Å². The van der Waals surface area contributed by atoms with Crippen molar-refractivity contribution in [2.45, 2.75) is 17.5 Å². The summed E-state index contributed by atoms with van der Waals surface area (Å²) in [4.78, 5) is 11.7. The molecule has 0 aromatic heterocycles. The summed E-state index contributed by atoms with van der Waals surface area (Å²) in [6, 6.07) is 8.77. The Kier molecular flexibility index (Phi) is 5.53. The fourth-order valence-corrected chi connectivity index (χ4v) is 2.32. The van der Waals surface area contributed by atoms with Crippen molar-refractivity contribution < 1.29 is 22.7 Å². The molecule has 0 radical (unpaired) electrons. The molecule has 0 bridgehead atoms. The zero-order valence-corrected chi connectivity index (χ0v) is 10.6. The maximum absolute atomic E-state index is 12.7. The molecule has 0 heterocycles. The molecular formula is C12H13F3O2S. The van der Waals surface area contributed by atoms with E-state index in [2.05, 4.69) is 4.74 Å². The van der Waals surface area contributed by atoms with Gasteiger partial charge in [0.25, 0.3) is 0 Å². The van der Waals surface area contributed by atoms with E-state index < -0.39 is 24.5 Å². The molecule has 2 nitrogen and oxygen atoms in total. The monoisotopic (exact) mass is 278 g/mol. The van der Waals surface area contributed by atoms with E-state index in [1.54, 1.807) is 30.3 Å². The van der Waals surface area contributed by atoms with E-state index in [4.69, 9.17) is 0 Å². The highest BCUT2D eigenvalue weighted by atomic mass is 32.2. The number of halogens is 3. The number of thioether (sulfide) groups is 1. The number of benzene rings is 1. The highest BCUT2D eigenvalue weighted by molar-refractivity contribution is 7.99. The van der Waals surface area contributed by atoms with Gasteiger partial charge in [-0.05, 0) is 12.1 Å². The SMILES string of the molecule is COC(=O)C[C@H](CSc1ccccc1)C(F)(F)F. The largest absolute Gasteiger partial charge is 0.469 e. The third kappa shape index (κ3) is 5.00. The second-order valence-electron chi connectivity index (χ2n) is 3.64. The van der Waals surface area contributed by atoms with E-state index in [1.807, 2.05) is 0 Å². The Morgan fingerprint density at radius 3 is 2.44 bits per heavy atom. The van der Waals surface area contributed by atoms with Crippen molar-refractivity contribution in [1.82, 2.24) is 0 Å². The number of esters is 1. The molecule has 0 aliphatic rings. The van der Waals surface area contributed by atoms with Crippen LogP contribution in [0.15, 0.2) is 35.2 Å². The third-order valence-corrected chi connectivity index (χ3v) is 3.47. The van der Waals surface area contributed by atoms with Crippen LogP contribution in [-0.2, 0) is 9.53 Å². The number of carbonyl (C=O) groups excluding carboxylic acids is 1. The minimum absolute atomic E-state index is 0.192. The van der Waals surface area contributed by atoms with Crippen molar-refractivity contribution >= 4 is 17.7 Å². The molecule has 1 aromatic carbocycles. The average molecular weight is 278 g/mol. The van der Waals surface area contributed by atoms with Crippen molar-refractivity contribution in [3.8, 4) is 0 Å². The maximum Gasteiger partial charge on any atom is 0.393 e. The number of alkyl halides is 3. The first-order valence-electron chi connectivity index (χ1n) is 5.25. The molecule has 0 aliphatic heterocycles. The highest BCUT2D eigenvalue weighted by Crippen LogP contribution is 2.34. The number of ether oxygens (including phenoxy) is 1. The molecule has 1 aromatic rings. The van der Waals surface area contributed by atoms with Crippen LogP contribution < -0.4 is 0 Å². The van der Waals surface area contributed by atoms with Gasteiger partial charge in [0.2, 0.25) is 0 Å². The molecule has 0 saturated heterocycles. The van der Waals surface area contributed by atoms with Crippen molar-refractivity contribution in [1.29, 1.82) is 0 Å². The Bertz CT molecular complexity index is 379. The van der Waals surface area contributed by atoms with Gasteiger partial charge in [-0.3, -0.25) is 4.79 Å². The van der Waals surface area contributed by atoms with Crippen molar-refractivity contribution in [3.63, 3.8) is 0 Å². The lowest BCUT2D eigenvalue weighted by atomic mass is 10.1. The van der Waals surface area contributed by atoms with Crippen LogP contribution in [0.25, 0.3) is 0 Å². The van der Waals surface area contributed by atoms with Crippen molar-refractivity contribution in [2.75, 3.05) is 12.9 Å². The first-order valence-corrected chi connectivity index (χ1v) is 6.23. The van der Waals surface area contributed by atoms with Gasteiger partial charge in [-0.1, -0.05) is 18.2 Å². The van der Waals surface area contributed by atoms with Crippen LogP contribution >= 0.6 is 11.8 Å². The van der Waals surface area contributed by atoms with Crippen molar-refractivity contribution in [2.24, 2.45) is 5.92 Å². The number of carbonyl (C=O) groups is 1. The second-order valence-corrected chi connectivity index (χ2v) is 4.74. The summed E-state index contributed by atoms with van der Waals surface area (Å²) in [5.41, 5.74) is 0. The lowest BCUT2D eigenvalue weighted by Crippen LogP contribution is -2.28. The summed E-state index contributed by atoms with van der Waals surface area (Å²) in [6.07, 6.45) is -5.03. The van der Waals surface area contributed by atoms with Crippen LogP contribution in [0, 0.1) is 5.92 Å². The summed E-state index contributed by atoms with van der Waals surface area (Å²) < 4.78 is 42.4. The molecule has 6 heteroatoms. The Labute approximate surface area is 108 Å². The van der Waals surface area contributed by atoms with Gasteiger partial charge >= 0.3 is 12.1 Å². The standard InChI is InChI=1S/C12H13F3O2S/c1-17-11(16)7-9(12(13,14)15)8-18-10-5-3-2-4-6-10/h2-6,9H,7-8H2,1H3/t9-/m1/s1. The quantitative estimate of drug-likeness (QED) is 0.609. The topological polar surface area (TPSA) is 26.3 Å². The van der Waals surface area contributed by atoms with Crippen LogP contribution in [0.4, 0.5) is 13.2 Å². The number of hydrogen-bond acceptors (Lipinski definition) is 3. The van der Waals surface area contributed by atoms with Gasteiger partial charge in [0, 0.05) is 10.6 Å². The zero-order chi connectivity index (χ0) is 13.6. The predicted molar refractivity (Wildman–Crippen MR) is 63.3 cm³/mol. The Hall–Kier alpha value is -1.17. The first-order chi connectivity index (χ1) is 8.43. The molecule has 0 amide bonds. The van der Waals surface area contributed by atoms with E-state index in [-0.39, 0.29) is 5.75 Å². The van der Waals surface area contributed by atoms with Gasteiger partial charge in [-0.2, -0.15) is 13.2 Å². The minimum atomic E-state index is -4.39.